The molecule has 4 aromatic carbocycles. The summed E-state index contributed by atoms with van der Waals surface area (Å²) in [7, 11) is 0. The molecule has 0 aliphatic carbocycles. The maximum Gasteiger partial charge on any atom is 0.411 e. The van der Waals surface area contributed by atoms with E-state index < -0.39 is 36.6 Å². The first-order valence-electron chi connectivity index (χ1n) is 19.0. The van der Waals surface area contributed by atoms with Gasteiger partial charge in [0.1, 0.15) is 34.3 Å². The third-order valence-electron chi connectivity index (χ3n) is 10.6. The van der Waals surface area contributed by atoms with Gasteiger partial charge < -0.3 is 33.9 Å². The molecule has 316 valence electrons. The van der Waals surface area contributed by atoms with Crippen molar-refractivity contribution in [3.8, 4) is 11.5 Å². The zero-order chi connectivity index (χ0) is 42.7. The third-order valence-corrected chi connectivity index (χ3v) is 10.6. The summed E-state index contributed by atoms with van der Waals surface area (Å²) < 4.78 is 96.3. The van der Waals surface area contributed by atoms with Crippen LogP contribution in [-0.2, 0) is 20.7 Å². The van der Waals surface area contributed by atoms with Crippen LogP contribution < -0.4 is 9.47 Å². The van der Waals surface area contributed by atoms with Crippen LogP contribution in [0, 0.1) is 11.6 Å². The van der Waals surface area contributed by atoms with E-state index in [1.165, 1.54) is 48.5 Å². The number of rotatable bonds is 15. The van der Waals surface area contributed by atoms with Crippen molar-refractivity contribution >= 4 is 12.2 Å². The predicted molar refractivity (Wildman–Crippen MR) is 206 cm³/mol. The van der Waals surface area contributed by atoms with Crippen molar-refractivity contribution in [1.82, 2.24) is 9.80 Å². The second-order valence-electron chi connectivity index (χ2n) is 14.2. The second-order valence-corrected chi connectivity index (χ2v) is 14.2. The average molecular weight is 829 g/mol. The minimum absolute atomic E-state index is 0.0431. The number of carbonyl (C=O) groups is 2. The summed E-state index contributed by atoms with van der Waals surface area (Å²) in [4.78, 5) is 28.8. The van der Waals surface area contributed by atoms with Gasteiger partial charge in [0.2, 0.25) is 0 Å². The Hall–Kier alpha value is -5.70. The number of aliphatic hydroxyl groups is 1. The van der Waals surface area contributed by atoms with Crippen molar-refractivity contribution in [3.63, 3.8) is 0 Å². The lowest BCUT2D eigenvalue weighted by Crippen LogP contribution is -2.48. The zero-order valence-electron chi connectivity index (χ0n) is 32.5. The lowest BCUT2D eigenvalue weighted by molar-refractivity contribution is -0.0681. The highest BCUT2D eigenvalue weighted by atomic mass is 19.3. The molecular formula is C44H46F6N2O7. The molecule has 2 aliphatic heterocycles. The van der Waals surface area contributed by atoms with Crippen molar-refractivity contribution in [1.29, 1.82) is 0 Å². The van der Waals surface area contributed by atoms with Crippen molar-refractivity contribution < 1.29 is 60.0 Å². The van der Waals surface area contributed by atoms with Crippen LogP contribution >= 0.6 is 0 Å². The standard InChI is InChI=1S/C22H24F3NO4.C22H22F3NO3/c1-15(16-3-9-19(10-4-16)29-20(24)25)26-13-12-22(11-2-14-27,30-21(26)28)17-5-7-18(23)8-6-17;1-3-12-22(17-6-8-18(23)9-7-17)13-14-26(21(27)29-22)15(2)16-4-10-19(11-5-16)28-20(24)25/h3-10,15,20,27H,2,11-14H2,1H3;3-11,15,20H,1,12-14H2,2H3/t2*15-,22+/m00/s1. The van der Waals surface area contributed by atoms with E-state index in [1.54, 1.807) is 64.4 Å². The maximum absolute atomic E-state index is 13.4. The van der Waals surface area contributed by atoms with Crippen molar-refractivity contribution in [3.05, 3.63) is 144 Å². The van der Waals surface area contributed by atoms with Crippen LogP contribution in [0.25, 0.3) is 0 Å². The van der Waals surface area contributed by atoms with E-state index >= 15 is 0 Å². The normalized spacial score (nSPS) is 20.3. The molecule has 0 radical (unpaired) electrons. The summed E-state index contributed by atoms with van der Waals surface area (Å²) in [6.07, 6.45) is 2.90. The number of nitrogens with zero attached hydrogens (tertiary/aromatic N) is 2. The molecule has 2 amide bonds. The van der Waals surface area contributed by atoms with Gasteiger partial charge >= 0.3 is 25.4 Å². The van der Waals surface area contributed by atoms with E-state index in [0.29, 0.717) is 56.3 Å². The monoisotopic (exact) mass is 828 g/mol. The lowest BCUT2D eigenvalue weighted by Gasteiger charge is -2.43. The first-order chi connectivity index (χ1) is 28.2. The number of amides is 2. The molecule has 15 heteroatoms. The molecule has 6 rings (SSSR count). The van der Waals surface area contributed by atoms with Gasteiger partial charge in [-0.05, 0) is 97.5 Å². The highest BCUT2D eigenvalue weighted by Gasteiger charge is 2.44. The fourth-order valence-corrected chi connectivity index (χ4v) is 7.35. The summed E-state index contributed by atoms with van der Waals surface area (Å²) >= 11 is 0. The van der Waals surface area contributed by atoms with E-state index in [1.807, 2.05) is 13.8 Å². The summed E-state index contributed by atoms with van der Waals surface area (Å²) in [6, 6.07) is 23.4. The molecule has 0 aromatic heterocycles. The molecule has 9 nitrogen and oxygen atoms in total. The summed E-state index contributed by atoms with van der Waals surface area (Å²) in [5, 5.41) is 9.27. The van der Waals surface area contributed by atoms with Gasteiger partial charge in [0.15, 0.2) is 0 Å². The van der Waals surface area contributed by atoms with Gasteiger partial charge in [0, 0.05) is 39.0 Å². The van der Waals surface area contributed by atoms with E-state index in [9.17, 15) is 41.0 Å². The van der Waals surface area contributed by atoms with Crippen LogP contribution in [0.15, 0.2) is 110 Å². The number of halogens is 6. The molecule has 59 heavy (non-hydrogen) atoms. The number of aliphatic hydroxyl groups excluding tert-OH is 1. The Morgan fingerprint density at radius 2 is 1.07 bits per heavy atom. The van der Waals surface area contributed by atoms with Crippen LogP contribution in [0.1, 0.15) is 80.3 Å². The first kappa shape index (κ1) is 44.4. The molecule has 2 fully saturated rings. The number of ether oxygens (including phenoxy) is 4. The van der Waals surface area contributed by atoms with E-state index in [0.717, 1.165) is 11.1 Å². The van der Waals surface area contributed by atoms with Crippen LogP contribution in [0.2, 0.25) is 0 Å². The van der Waals surface area contributed by atoms with E-state index in [2.05, 4.69) is 16.1 Å². The van der Waals surface area contributed by atoms with Crippen LogP contribution in [0.4, 0.5) is 35.9 Å². The molecule has 0 unspecified atom stereocenters. The smallest absolute Gasteiger partial charge is 0.411 e. The maximum atomic E-state index is 13.4. The SMILES string of the molecule is C=CC[C@]1(c2ccc(F)cc2)CCN([C@@H](C)c2ccc(OC(F)F)cc2)C(=O)O1.C[C@@H](c1ccc(OC(F)F)cc1)N1CC[C@](CCCO)(c2ccc(F)cc2)OC1=O. The Labute approximate surface area is 338 Å². The molecule has 2 heterocycles. The Morgan fingerprint density at radius 3 is 1.44 bits per heavy atom. The van der Waals surface area contributed by atoms with Crippen LogP contribution in [-0.4, -0.2) is 60.0 Å². The fraction of sp³-hybridized carbons (Fsp3) is 0.364. The zero-order valence-corrected chi connectivity index (χ0v) is 32.5. The van der Waals surface area contributed by atoms with E-state index in [-0.39, 0.29) is 41.8 Å². The van der Waals surface area contributed by atoms with Gasteiger partial charge in [0.25, 0.3) is 0 Å². The van der Waals surface area contributed by atoms with Gasteiger partial charge in [0.05, 0.1) is 12.1 Å². The Morgan fingerprint density at radius 1 is 0.678 bits per heavy atom. The topological polar surface area (TPSA) is 97.8 Å². The first-order valence-corrected chi connectivity index (χ1v) is 19.0. The number of alkyl halides is 4. The highest BCUT2D eigenvalue weighted by molar-refractivity contribution is 5.71. The number of hydrogen-bond donors (Lipinski definition) is 1. The quantitative estimate of drug-likeness (QED) is 0.0941. The van der Waals surface area contributed by atoms with Crippen molar-refractivity contribution in [2.24, 2.45) is 0 Å². The van der Waals surface area contributed by atoms with Gasteiger partial charge in [-0.3, -0.25) is 0 Å². The van der Waals surface area contributed by atoms with Gasteiger partial charge in [-0.2, -0.15) is 17.6 Å². The minimum atomic E-state index is -2.90. The lowest BCUT2D eigenvalue weighted by atomic mass is 9.84. The molecular weight excluding hydrogens is 782 g/mol. The van der Waals surface area contributed by atoms with Crippen molar-refractivity contribution in [2.75, 3.05) is 19.7 Å². The van der Waals surface area contributed by atoms with Crippen LogP contribution in [0.3, 0.4) is 0 Å². The second kappa shape index (κ2) is 19.8. The number of carbonyl (C=O) groups excluding carboxylic acids is 2. The highest BCUT2D eigenvalue weighted by Crippen LogP contribution is 2.42. The van der Waals surface area contributed by atoms with Crippen LogP contribution in [0.5, 0.6) is 11.5 Å². The Balaban J connectivity index is 0.000000224. The average Bonchev–Trinajstić information content (AvgIpc) is 3.21. The Bertz CT molecular complexity index is 1990. The molecule has 4 atom stereocenters. The van der Waals surface area contributed by atoms with Crippen molar-refractivity contribution in [2.45, 2.75) is 82.5 Å². The molecule has 1 N–H and O–H groups in total. The summed E-state index contributed by atoms with van der Waals surface area (Å²) in [6.45, 7) is 2.38. The number of cyclic esters (lactones) is 2. The minimum Gasteiger partial charge on any atom is -0.438 e. The van der Waals surface area contributed by atoms with Gasteiger partial charge in [-0.15, -0.1) is 6.58 Å². The Kier molecular flexibility index (Phi) is 14.9. The third kappa shape index (κ3) is 11.1. The number of benzene rings is 4. The molecule has 2 saturated heterocycles. The predicted octanol–water partition coefficient (Wildman–Crippen LogP) is 10.8. The number of hydrogen-bond acceptors (Lipinski definition) is 7. The van der Waals surface area contributed by atoms with Gasteiger partial charge in [-0.1, -0.05) is 54.6 Å². The summed E-state index contributed by atoms with van der Waals surface area (Å²) in [5.41, 5.74) is 1.09. The molecule has 0 spiro atoms. The molecule has 0 saturated carbocycles. The summed E-state index contributed by atoms with van der Waals surface area (Å²) in [5.74, 6) is -0.646. The molecule has 2 aliphatic rings. The fourth-order valence-electron chi connectivity index (χ4n) is 7.35. The largest absolute Gasteiger partial charge is 0.438 e. The van der Waals surface area contributed by atoms with E-state index in [4.69, 9.17) is 9.47 Å². The van der Waals surface area contributed by atoms with Gasteiger partial charge in [-0.25, -0.2) is 18.4 Å². The molecule has 0 bridgehead atoms. The molecule has 4 aromatic rings.